The van der Waals surface area contributed by atoms with E-state index in [1.165, 1.54) is 42.6 Å². The summed E-state index contributed by atoms with van der Waals surface area (Å²) in [5, 5.41) is 3.09. The van der Waals surface area contributed by atoms with Crippen LogP contribution in [-0.2, 0) is 6.42 Å². The lowest BCUT2D eigenvalue weighted by Gasteiger charge is -2.25. The van der Waals surface area contributed by atoms with Crippen molar-refractivity contribution in [1.82, 2.24) is 4.90 Å². The predicted octanol–water partition coefficient (Wildman–Crippen LogP) is 6.42. The average molecular weight is 423 g/mol. The Balaban J connectivity index is 1.28. The zero-order chi connectivity index (χ0) is 21.9. The number of allylic oxidation sites excluding steroid dienone is 1. The first kappa shape index (κ1) is 20.7. The fraction of sp³-hybridized carbons (Fsp3) is 0.276. The molecule has 0 bridgehead atoms. The van der Waals surface area contributed by atoms with Crippen LogP contribution in [0.4, 0.5) is 5.69 Å². The van der Waals surface area contributed by atoms with Crippen molar-refractivity contribution in [3.8, 4) is 11.1 Å². The standard InChI is InChI=1S/C29H30N2O/c1-21-26(20-31-17-5-6-18-31)14-13-25-19-27(15-16-28(21)25)30-29(32)24-11-9-23(10-12-24)22-7-3-2-4-8-22/h2-4,7-12,15-16,19H,5-6,13-14,17-18,20H2,1H3,(H,30,32). The van der Waals surface area contributed by atoms with Crippen molar-refractivity contribution in [1.29, 1.82) is 0 Å². The average Bonchev–Trinajstić information content (AvgIpc) is 3.35. The number of nitrogens with one attached hydrogen (secondary N) is 1. The number of rotatable bonds is 5. The van der Waals surface area contributed by atoms with E-state index < -0.39 is 0 Å². The van der Waals surface area contributed by atoms with E-state index in [9.17, 15) is 4.79 Å². The van der Waals surface area contributed by atoms with Crippen LogP contribution in [0.15, 0.2) is 78.4 Å². The number of likely N-dealkylation sites (tertiary alicyclic amines) is 1. The highest BCUT2D eigenvalue weighted by Crippen LogP contribution is 2.33. The van der Waals surface area contributed by atoms with Gasteiger partial charge in [0, 0.05) is 17.8 Å². The number of amides is 1. The lowest BCUT2D eigenvalue weighted by molar-refractivity contribution is 0.102. The maximum atomic E-state index is 12.8. The zero-order valence-electron chi connectivity index (χ0n) is 18.7. The van der Waals surface area contributed by atoms with E-state index in [-0.39, 0.29) is 5.91 Å². The molecule has 3 nitrogen and oxygen atoms in total. The minimum atomic E-state index is -0.0673. The van der Waals surface area contributed by atoms with E-state index in [0.29, 0.717) is 5.56 Å². The molecular weight excluding hydrogens is 392 g/mol. The van der Waals surface area contributed by atoms with Crippen molar-refractivity contribution < 1.29 is 4.79 Å². The normalized spacial score (nSPS) is 16.2. The van der Waals surface area contributed by atoms with E-state index in [2.05, 4.69) is 41.4 Å². The molecule has 3 heteroatoms. The van der Waals surface area contributed by atoms with Gasteiger partial charge in [0.05, 0.1) is 0 Å². The van der Waals surface area contributed by atoms with E-state index in [1.54, 1.807) is 5.57 Å². The van der Waals surface area contributed by atoms with Gasteiger partial charge in [-0.15, -0.1) is 0 Å². The summed E-state index contributed by atoms with van der Waals surface area (Å²) < 4.78 is 0. The molecule has 3 aromatic carbocycles. The van der Waals surface area contributed by atoms with Gasteiger partial charge >= 0.3 is 0 Å². The van der Waals surface area contributed by atoms with E-state index in [4.69, 9.17) is 0 Å². The fourth-order valence-corrected chi connectivity index (χ4v) is 4.96. The van der Waals surface area contributed by atoms with Crippen LogP contribution in [0, 0.1) is 0 Å². The molecule has 0 saturated carbocycles. The van der Waals surface area contributed by atoms with Gasteiger partial charge in [-0.1, -0.05) is 54.1 Å². The first-order chi connectivity index (χ1) is 15.7. The first-order valence-corrected chi connectivity index (χ1v) is 11.7. The van der Waals surface area contributed by atoms with E-state index in [0.717, 1.165) is 36.2 Å². The van der Waals surface area contributed by atoms with Crippen LogP contribution in [-0.4, -0.2) is 30.4 Å². The van der Waals surface area contributed by atoms with Gasteiger partial charge < -0.3 is 5.32 Å². The molecule has 5 rings (SSSR count). The summed E-state index contributed by atoms with van der Waals surface area (Å²) in [7, 11) is 0. The smallest absolute Gasteiger partial charge is 0.255 e. The summed E-state index contributed by atoms with van der Waals surface area (Å²) >= 11 is 0. The Kier molecular flexibility index (Phi) is 5.91. The third kappa shape index (κ3) is 4.39. The van der Waals surface area contributed by atoms with E-state index >= 15 is 0 Å². The highest BCUT2D eigenvalue weighted by molar-refractivity contribution is 6.04. The third-order valence-corrected chi connectivity index (χ3v) is 6.86. The summed E-state index contributed by atoms with van der Waals surface area (Å²) in [6.07, 6.45) is 4.83. The maximum Gasteiger partial charge on any atom is 0.255 e. The summed E-state index contributed by atoms with van der Waals surface area (Å²) in [5.41, 5.74) is 9.50. The second kappa shape index (κ2) is 9.13. The number of benzene rings is 3. The van der Waals surface area contributed by atoms with Crippen LogP contribution in [0.1, 0.15) is 47.7 Å². The number of hydrogen-bond donors (Lipinski definition) is 1. The first-order valence-electron chi connectivity index (χ1n) is 11.7. The molecule has 0 spiro atoms. The van der Waals surface area contributed by atoms with Crippen molar-refractivity contribution in [3.63, 3.8) is 0 Å². The number of fused-ring (bicyclic) bond motifs is 1. The molecule has 0 radical (unpaired) electrons. The van der Waals surface area contributed by atoms with Crippen molar-refractivity contribution >= 4 is 17.2 Å². The van der Waals surface area contributed by atoms with Crippen molar-refractivity contribution in [2.75, 3.05) is 25.0 Å². The van der Waals surface area contributed by atoms with Gasteiger partial charge in [-0.2, -0.15) is 0 Å². The van der Waals surface area contributed by atoms with Gasteiger partial charge in [-0.3, -0.25) is 9.69 Å². The molecule has 1 amide bonds. The Bertz CT molecular complexity index is 1140. The van der Waals surface area contributed by atoms with Crippen LogP contribution < -0.4 is 5.32 Å². The third-order valence-electron chi connectivity index (χ3n) is 6.86. The molecule has 32 heavy (non-hydrogen) atoms. The van der Waals surface area contributed by atoms with E-state index in [1.807, 2.05) is 48.5 Å². The molecule has 0 aromatic heterocycles. The summed E-state index contributed by atoms with van der Waals surface area (Å²) in [6, 6.07) is 24.4. The minimum Gasteiger partial charge on any atom is -0.322 e. The van der Waals surface area contributed by atoms with Gasteiger partial charge in [-0.05, 0) is 97.8 Å². The largest absolute Gasteiger partial charge is 0.322 e. The molecule has 0 atom stereocenters. The van der Waals surface area contributed by atoms with Crippen LogP contribution in [0.2, 0.25) is 0 Å². The highest BCUT2D eigenvalue weighted by Gasteiger charge is 2.20. The number of nitrogens with zero attached hydrogens (tertiary/aromatic N) is 1. The lowest BCUT2D eigenvalue weighted by Crippen LogP contribution is -2.24. The number of carbonyl (C=O) groups excluding carboxylic acids is 1. The maximum absolute atomic E-state index is 12.8. The van der Waals surface area contributed by atoms with Crippen LogP contribution >= 0.6 is 0 Å². The molecule has 0 unspecified atom stereocenters. The SMILES string of the molecule is CC1=C(CN2CCCC2)CCc2cc(NC(=O)c3ccc(-c4ccccc4)cc3)ccc21. The molecule has 1 saturated heterocycles. The van der Waals surface area contributed by atoms with Crippen LogP contribution in [0.5, 0.6) is 0 Å². The number of aryl methyl sites for hydroxylation is 1. The molecule has 1 aliphatic heterocycles. The molecule has 3 aromatic rings. The Hall–Kier alpha value is -3.17. The summed E-state index contributed by atoms with van der Waals surface area (Å²) in [6.45, 7) is 5.85. The number of hydrogen-bond acceptors (Lipinski definition) is 2. The molecule has 1 aliphatic carbocycles. The summed E-state index contributed by atoms with van der Waals surface area (Å²) in [5.74, 6) is -0.0673. The zero-order valence-corrected chi connectivity index (χ0v) is 18.7. The molecular formula is C29H30N2O. The van der Waals surface area contributed by atoms with Gasteiger partial charge in [0.2, 0.25) is 0 Å². The van der Waals surface area contributed by atoms with Gasteiger partial charge in [0.1, 0.15) is 0 Å². The van der Waals surface area contributed by atoms with Crippen LogP contribution in [0.25, 0.3) is 16.7 Å². The summed E-state index contributed by atoms with van der Waals surface area (Å²) in [4.78, 5) is 15.4. The molecule has 1 N–H and O–H groups in total. The topological polar surface area (TPSA) is 32.3 Å². The lowest BCUT2D eigenvalue weighted by atomic mass is 9.86. The van der Waals surface area contributed by atoms with Crippen molar-refractivity contribution in [2.45, 2.75) is 32.6 Å². The van der Waals surface area contributed by atoms with Crippen LogP contribution in [0.3, 0.4) is 0 Å². The van der Waals surface area contributed by atoms with Gasteiger partial charge in [0.25, 0.3) is 5.91 Å². The minimum absolute atomic E-state index is 0.0673. The Morgan fingerprint density at radius 2 is 1.59 bits per heavy atom. The van der Waals surface area contributed by atoms with Crippen molar-refractivity contribution in [2.24, 2.45) is 0 Å². The van der Waals surface area contributed by atoms with Gasteiger partial charge in [-0.25, -0.2) is 0 Å². The monoisotopic (exact) mass is 422 g/mol. The Morgan fingerprint density at radius 1 is 0.875 bits per heavy atom. The molecule has 1 fully saturated rings. The predicted molar refractivity (Wildman–Crippen MR) is 133 cm³/mol. The molecule has 162 valence electrons. The number of anilines is 1. The van der Waals surface area contributed by atoms with Crippen molar-refractivity contribution in [3.05, 3.63) is 95.1 Å². The Labute approximate surface area is 190 Å². The second-order valence-corrected chi connectivity index (χ2v) is 8.98. The fourth-order valence-electron chi connectivity index (χ4n) is 4.96. The molecule has 2 aliphatic rings. The second-order valence-electron chi connectivity index (χ2n) is 8.98. The Morgan fingerprint density at radius 3 is 2.34 bits per heavy atom. The highest BCUT2D eigenvalue weighted by atomic mass is 16.1. The number of carbonyl (C=O) groups is 1. The quantitative estimate of drug-likeness (QED) is 0.514. The van der Waals surface area contributed by atoms with Gasteiger partial charge in [0.15, 0.2) is 0 Å². The molecule has 1 heterocycles.